The number of carbonyl (C=O) groups is 2. The molecule has 3 aromatic carbocycles. The first-order valence-electron chi connectivity index (χ1n) is 10.3. The van der Waals surface area contributed by atoms with Crippen LogP contribution in [0.4, 0.5) is 0 Å². The van der Waals surface area contributed by atoms with Crippen molar-refractivity contribution in [2.45, 2.75) is 13.0 Å². The third kappa shape index (κ3) is 5.17. The maximum atomic E-state index is 13.1. The van der Waals surface area contributed by atoms with Crippen molar-refractivity contribution in [1.29, 1.82) is 0 Å². The summed E-state index contributed by atoms with van der Waals surface area (Å²) in [5.41, 5.74) is 2.09. The molecule has 8 heteroatoms. The first-order valence-corrected chi connectivity index (χ1v) is 12.0. The molecule has 1 heterocycles. The highest BCUT2D eigenvalue weighted by molar-refractivity contribution is 8.26. The Morgan fingerprint density at radius 2 is 1.76 bits per heavy atom. The van der Waals surface area contributed by atoms with Gasteiger partial charge in [0, 0.05) is 5.02 Å². The molecular formula is C26H20ClNO4S2. The quantitative estimate of drug-likeness (QED) is 0.163. The highest BCUT2D eigenvalue weighted by atomic mass is 35.5. The molecule has 0 N–H and O–H groups in total. The van der Waals surface area contributed by atoms with Crippen LogP contribution in [0.25, 0.3) is 6.08 Å². The Morgan fingerprint density at radius 3 is 2.44 bits per heavy atom. The predicted octanol–water partition coefficient (Wildman–Crippen LogP) is 6.53. The second kappa shape index (κ2) is 10.4. The van der Waals surface area contributed by atoms with Gasteiger partial charge in [0.1, 0.15) is 4.32 Å². The lowest BCUT2D eigenvalue weighted by molar-refractivity contribution is -0.123. The summed E-state index contributed by atoms with van der Waals surface area (Å²) in [5, 5.41) is 0.530. The number of ether oxygens (including phenoxy) is 2. The zero-order valence-electron chi connectivity index (χ0n) is 18.4. The van der Waals surface area contributed by atoms with Gasteiger partial charge in [0.2, 0.25) is 0 Å². The Morgan fingerprint density at radius 1 is 1.06 bits per heavy atom. The van der Waals surface area contributed by atoms with E-state index in [1.807, 2.05) is 37.3 Å². The van der Waals surface area contributed by atoms with E-state index in [1.165, 1.54) is 18.9 Å². The Balaban J connectivity index is 1.54. The van der Waals surface area contributed by atoms with Gasteiger partial charge in [-0.2, -0.15) is 0 Å². The smallest absolute Gasteiger partial charge is 0.343 e. The number of benzene rings is 3. The van der Waals surface area contributed by atoms with Crippen molar-refractivity contribution in [1.82, 2.24) is 4.90 Å². The third-order valence-corrected chi connectivity index (χ3v) is 6.84. The van der Waals surface area contributed by atoms with Gasteiger partial charge in [0.05, 0.1) is 23.6 Å². The Kier molecular flexibility index (Phi) is 7.36. The molecule has 172 valence electrons. The van der Waals surface area contributed by atoms with E-state index in [9.17, 15) is 9.59 Å². The molecule has 0 aliphatic carbocycles. The molecule has 1 amide bonds. The standard InChI is InChI=1S/C26H20ClNO4S2/c1-16(18-6-4-3-5-7-18)28-24(29)23(34-26(28)33)15-17-8-13-21(22(14-17)31-2)32-25(30)19-9-11-20(27)12-10-19/h3-16H,1-2H3/b23-15+/t16-/m0/s1. The number of amides is 1. The average molecular weight is 510 g/mol. The van der Waals surface area contributed by atoms with Crippen LogP contribution in [-0.2, 0) is 4.79 Å². The van der Waals surface area contributed by atoms with E-state index in [-0.39, 0.29) is 17.7 Å². The summed E-state index contributed by atoms with van der Waals surface area (Å²) in [7, 11) is 1.49. The van der Waals surface area contributed by atoms with Gasteiger partial charge in [0.25, 0.3) is 5.91 Å². The summed E-state index contributed by atoms with van der Waals surface area (Å²) in [6.45, 7) is 1.95. The SMILES string of the molecule is COc1cc(/C=C2/SC(=S)N([C@@H](C)c3ccccc3)C2=O)ccc1OC(=O)c1ccc(Cl)cc1. The van der Waals surface area contributed by atoms with Crippen LogP contribution in [0.5, 0.6) is 11.5 Å². The largest absolute Gasteiger partial charge is 0.493 e. The number of methoxy groups -OCH3 is 1. The molecule has 1 saturated heterocycles. The van der Waals surface area contributed by atoms with Crippen molar-refractivity contribution >= 4 is 57.9 Å². The molecule has 3 aromatic rings. The topological polar surface area (TPSA) is 55.8 Å². The lowest BCUT2D eigenvalue weighted by Crippen LogP contribution is -2.30. The van der Waals surface area contributed by atoms with Crippen molar-refractivity contribution in [3.05, 3.63) is 99.4 Å². The third-order valence-electron chi connectivity index (χ3n) is 5.26. The lowest BCUT2D eigenvalue weighted by atomic mass is 10.1. The van der Waals surface area contributed by atoms with E-state index in [0.29, 0.717) is 25.6 Å². The van der Waals surface area contributed by atoms with Gasteiger partial charge >= 0.3 is 5.97 Å². The number of thioether (sulfide) groups is 1. The van der Waals surface area contributed by atoms with Crippen LogP contribution in [0.1, 0.15) is 34.5 Å². The van der Waals surface area contributed by atoms with Gasteiger partial charge < -0.3 is 9.47 Å². The van der Waals surface area contributed by atoms with Crippen LogP contribution in [0, 0.1) is 0 Å². The summed E-state index contributed by atoms with van der Waals surface area (Å²) in [5.74, 6) is -0.0453. The average Bonchev–Trinajstić information content (AvgIpc) is 3.12. The monoisotopic (exact) mass is 509 g/mol. The molecule has 0 spiro atoms. The van der Waals surface area contributed by atoms with Crippen molar-refractivity contribution in [2.75, 3.05) is 7.11 Å². The maximum absolute atomic E-state index is 13.1. The molecular weight excluding hydrogens is 490 g/mol. The molecule has 1 atom stereocenters. The van der Waals surface area contributed by atoms with Gasteiger partial charge in [0.15, 0.2) is 11.5 Å². The summed E-state index contributed by atoms with van der Waals surface area (Å²) < 4.78 is 11.4. The van der Waals surface area contributed by atoms with Crippen LogP contribution in [0.3, 0.4) is 0 Å². The summed E-state index contributed by atoms with van der Waals surface area (Å²) in [4.78, 5) is 27.7. The fourth-order valence-electron chi connectivity index (χ4n) is 3.45. The fourth-order valence-corrected chi connectivity index (χ4v) is 4.99. The maximum Gasteiger partial charge on any atom is 0.343 e. The molecule has 1 aliphatic heterocycles. The highest BCUT2D eigenvalue weighted by Crippen LogP contribution is 2.39. The van der Waals surface area contributed by atoms with Crippen LogP contribution in [-0.4, -0.2) is 28.2 Å². The molecule has 34 heavy (non-hydrogen) atoms. The Hall–Kier alpha value is -3.13. The van der Waals surface area contributed by atoms with Gasteiger partial charge in [-0.25, -0.2) is 4.79 Å². The summed E-state index contributed by atoms with van der Waals surface area (Å²) >= 11 is 12.6. The number of esters is 1. The van der Waals surface area contributed by atoms with Crippen molar-refractivity contribution < 1.29 is 19.1 Å². The summed E-state index contributed by atoms with van der Waals surface area (Å²) in [6.07, 6.45) is 1.75. The van der Waals surface area contributed by atoms with Crippen LogP contribution in [0.15, 0.2) is 77.7 Å². The molecule has 0 saturated carbocycles. The minimum atomic E-state index is -0.529. The highest BCUT2D eigenvalue weighted by Gasteiger charge is 2.35. The number of nitrogens with zero attached hydrogens (tertiary/aromatic N) is 1. The van der Waals surface area contributed by atoms with E-state index < -0.39 is 5.97 Å². The molecule has 0 unspecified atom stereocenters. The Labute approximate surface area is 212 Å². The van der Waals surface area contributed by atoms with Crippen LogP contribution < -0.4 is 9.47 Å². The molecule has 1 aliphatic rings. The number of thiocarbonyl (C=S) groups is 1. The molecule has 0 aromatic heterocycles. The number of hydrogen-bond acceptors (Lipinski definition) is 6. The minimum Gasteiger partial charge on any atom is -0.493 e. The first kappa shape index (κ1) is 24.0. The molecule has 0 bridgehead atoms. The molecule has 4 rings (SSSR count). The molecule has 1 fully saturated rings. The van der Waals surface area contributed by atoms with E-state index >= 15 is 0 Å². The fraction of sp³-hybridized carbons (Fsp3) is 0.115. The van der Waals surface area contributed by atoms with E-state index in [4.69, 9.17) is 33.3 Å². The van der Waals surface area contributed by atoms with Crippen molar-refractivity contribution in [3.8, 4) is 11.5 Å². The zero-order chi connectivity index (χ0) is 24.2. The Bertz CT molecular complexity index is 1280. The number of halogens is 1. The second-order valence-corrected chi connectivity index (χ2v) is 9.56. The van der Waals surface area contributed by atoms with Crippen molar-refractivity contribution in [3.63, 3.8) is 0 Å². The second-order valence-electron chi connectivity index (χ2n) is 7.45. The van der Waals surface area contributed by atoms with E-state index in [1.54, 1.807) is 53.4 Å². The lowest BCUT2D eigenvalue weighted by Gasteiger charge is -2.23. The van der Waals surface area contributed by atoms with Gasteiger partial charge in [-0.05, 0) is 60.5 Å². The van der Waals surface area contributed by atoms with Gasteiger partial charge in [-0.15, -0.1) is 0 Å². The zero-order valence-corrected chi connectivity index (χ0v) is 20.7. The van der Waals surface area contributed by atoms with E-state index in [2.05, 4.69) is 0 Å². The minimum absolute atomic E-state index is 0.149. The van der Waals surface area contributed by atoms with Crippen molar-refractivity contribution in [2.24, 2.45) is 0 Å². The van der Waals surface area contributed by atoms with Crippen LogP contribution in [0.2, 0.25) is 5.02 Å². The molecule has 0 radical (unpaired) electrons. The number of carbonyl (C=O) groups excluding carboxylic acids is 2. The molecule has 5 nitrogen and oxygen atoms in total. The normalized spacial score (nSPS) is 15.5. The summed E-state index contributed by atoms with van der Waals surface area (Å²) in [6, 6.07) is 21.1. The van der Waals surface area contributed by atoms with Gasteiger partial charge in [-0.3, -0.25) is 9.69 Å². The number of rotatable bonds is 6. The predicted molar refractivity (Wildman–Crippen MR) is 139 cm³/mol. The number of hydrogen-bond donors (Lipinski definition) is 0. The van der Waals surface area contributed by atoms with E-state index in [0.717, 1.165) is 11.1 Å². The van der Waals surface area contributed by atoms with Crippen LogP contribution >= 0.6 is 35.6 Å². The van der Waals surface area contributed by atoms with Gasteiger partial charge in [-0.1, -0.05) is 72.0 Å². The first-order chi connectivity index (χ1) is 16.4.